The lowest BCUT2D eigenvalue weighted by Gasteiger charge is -2.29. The van der Waals surface area contributed by atoms with Crippen LogP contribution in [0.4, 0.5) is 0 Å². The van der Waals surface area contributed by atoms with Crippen LogP contribution in [-0.4, -0.2) is 31.0 Å². The Hall–Kier alpha value is -1.26. The topological polar surface area (TPSA) is 64.7 Å². The number of aliphatic hydroxyl groups excluding tert-OH is 1. The number of benzene rings is 1. The third-order valence-corrected chi connectivity index (χ3v) is 5.45. The molecule has 168 valence electrons. The van der Waals surface area contributed by atoms with E-state index in [2.05, 4.69) is 33.8 Å². The molecular weight excluding hydrogens is 362 g/mol. The van der Waals surface area contributed by atoms with Gasteiger partial charge in [0.1, 0.15) is 0 Å². The van der Waals surface area contributed by atoms with Crippen LogP contribution in [0.15, 0.2) is 18.2 Å². The van der Waals surface area contributed by atoms with Crippen molar-refractivity contribution in [2.45, 2.75) is 91.0 Å². The standard InChI is InChI=1S/C25H45NO3/c1-20(2)11-9-7-6-8-10-16-29-23-13-12-22(17-24(23)28-5)14-15-25(26,19-27)18-21(3)4/h12-13,17,20-21,27H,6-11,14-16,18-19,26H2,1-5H3. The van der Waals surface area contributed by atoms with Gasteiger partial charge in [0.2, 0.25) is 0 Å². The van der Waals surface area contributed by atoms with Gasteiger partial charge in [0, 0.05) is 5.54 Å². The molecule has 0 heterocycles. The number of unbranched alkanes of at least 4 members (excludes halogenated alkanes) is 4. The maximum absolute atomic E-state index is 9.70. The molecule has 0 amide bonds. The fraction of sp³-hybridized carbons (Fsp3) is 0.760. The molecule has 0 aliphatic rings. The molecular formula is C25H45NO3. The normalized spacial score (nSPS) is 13.7. The molecule has 0 bridgehead atoms. The van der Waals surface area contributed by atoms with Crippen molar-refractivity contribution in [1.29, 1.82) is 0 Å². The van der Waals surface area contributed by atoms with Crippen molar-refractivity contribution in [3.05, 3.63) is 23.8 Å². The first-order valence-electron chi connectivity index (χ1n) is 11.5. The number of nitrogens with two attached hydrogens (primary N) is 1. The van der Waals surface area contributed by atoms with Crippen molar-refractivity contribution in [2.75, 3.05) is 20.3 Å². The van der Waals surface area contributed by atoms with Crippen molar-refractivity contribution in [1.82, 2.24) is 0 Å². The van der Waals surface area contributed by atoms with Crippen LogP contribution in [0.25, 0.3) is 0 Å². The molecule has 0 aliphatic heterocycles. The largest absolute Gasteiger partial charge is 0.493 e. The first-order valence-corrected chi connectivity index (χ1v) is 11.5. The summed E-state index contributed by atoms with van der Waals surface area (Å²) in [4.78, 5) is 0. The van der Waals surface area contributed by atoms with Gasteiger partial charge < -0.3 is 20.3 Å². The molecule has 1 unspecified atom stereocenters. The molecule has 0 aliphatic carbocycles. The molecule has 29 heavy (non-hydrogen) atoms. The van der Waals surface area contributed by atoms with Gasteiger partial charge in [0.05, 0.1) is 20.3 Å². The summed E-state index contributed by atoms with van der Waals surface area (Å²) in [6.07, 6.45) is 9.96. The Morgan fingerprint density at radius 1 is 0.966 bits per heavy atom. The minimum atomic E-state index is -0.522. The summed E-state index contributed by atoms with van der Waals surface area (Å²) in [5, 5.41) is 9.70. The van der Waals surface area contributed by atoms with E-state index in [0.717, 1.165) is 55.3 Å². The van der Waals surface area contributed by atoms with Crippen molar-refractivity contribution >= 4 is 0 Å². The summed E-state index contributed by atoms with van der Waals surface area (Å²) in [6.45, 7) is 9.59. The zero-order chi connectivity index (χ0) is 21.7. The molecule has 1 aromatic carbocycles. The molecule has 0 fully saturated rings. The van der Waals surface area contributed by atoms with Crippen molar-refractivity contribution in [2.24, 2.45) is 17.6 Å². The molecule has 0 radical (unpaired) electrons. The smallest absolute Gasteiger partial charge is 0.161 e. The molecule has 4 heteroatoms. The number of aryl methyl sites for hydroxylation is 1. The van der Waals surface area contributed by atoms with Crippen LogP contribution < -0.4 is 15.2 Å². The number of aliphatic hydroxyl groups is 1. The van der Waals surface area contributed by atoms with Crippen LogP contribution in [0.3, 0.4) is 0 Å². The number of methoxy groups -OCH3 is 1. The van der Waals surface area contributed by atoms with Gasteiger partial charge in [-0.25, -0.2) is 0 Å². The third kappa shape index (κ3) is 10.9. The number of hydrogen-bond donors (Lipinski definition) is 2. The molecule has 3 N–H and O–H groups in total. The monoisotopic (exact) mass is 407 g/mol. The van der Waals surface area contributed by atoms with Crippen molar-refractivity contribution in [3.63, 3.8) is 0 Å². The summed E-state index contributed by atoms with van der Waals surface area (Å²) >= 11 is 0. The van der Waals surface area contributed by atoms with Crippen LogP contribution in [0, 0.1) is 11.8 Å². The predicted molar refractivity (Wildman–Crippen MR) is 123 cm³/mol. The average molecular weight is 408 g/mol. The van der Waals surface area contributed by atoms with Crippen molar-refractivity contribution in [3.8, 4) is 11.5 Å². The lowest BCUT2D eigenvalue weighted by Crippen LogP contribution is -2.45. The summed E-state index contributed by atoms with van der Waals surface area (Å²) in [5.41, 5.74) is 7.02. The fourth-order valence-corrected chi connectivity index (χ4v) is 3.81. The minimum absolute atomic E-state index is 0.0149. The highest BCUT2D eigenvalue weighted by Gasteiger charge is 2.25. The van der Waals surface area contributed by atoms with Gasteiger partial charge in [-0.2, -0.15) is 0 Å². The molecule has 0 spiro atoms. The summed E-state index contributed by atoms with van der Waals surface area (Å²) < 4.78 is 11.5. The van der Waals surface area contributed by atoms with Gasteiger partial charge in [-0.3, -0.25) is 0 Å². The van der Waals surface area contributed by atoms with E-state index >= 15 is 0 Å². The Labute approximate surface area is 179 Å². The molecule has 4 nitrogen and oxygen atoms in total. The first-order chi connectivity index (χ1) is 13.8. The van der Waals surface area contributed by atoms with Crippen LogP contribution in [0.2, 0.25) is 0 Å². The number of ether oxygens (including phenoxy) is 2. The highest BCUT2D eigenvalue weighted by molar-refractivity contribution is 5.43. The third-order valence-electron chi connectivity index (χ3n) is 5.45. The van der Waals surface area contributed by atoms with Gasteiger partial charge >= 0.3 is 0 Å². The molecule has 1 aromatic rings. The molecule has 0 saturated carbocycles. The second-order valence-corrected chi connectivity index (χ2v) is 9.40. The van der Waals surface area contributed by atoms with E-state index in [4.69, 9.17) is 15.2 Å². The summed E-state index contributed by atoms with van der Waals surface area (Å²) in [6, 6.07) is 6.11. The highest BCUT2D eigenvalue weighted by atomic mass is 16.5. The highest BCUT2D eigenvalue weighted by Crippen LogP contribution is 2.30. The van der Waals surface area contributed by atoms with E-state index in [1.807, 2.05) is 12.1 Å². The zero-order valence-corrected chi connectivity index (χ0v) is 19.5. The fourth-order valence-electron chi connectivity index (χ4n) is 3.81. The van der Waals surface area contributed by atoms with E-state index in [9.17, 15) is 5.11 Å². The van der Waals surface area contributed by atoms with E-state index in [1.54, 1.807) is 7.11 Å². The quantitative estimate of drug-likeness (QED) is 0.343. The number of hydrogen-bond acceptors (Lipinski definition) is 4. The van der Waals surface area contributed by atoms with E-state index in [0.29, 0.717) is 5.92 Å². The van der Waals surface area contributed by atoms with Gasteiger partial charge in [0.25, 0.3) is 0 Å². The van der Waals surface area contributed by atoms with E-state index in [-0.39, 0.29) is 6.61 Å². The Morgan fingerprint density at radius 3 is 2.28 bits per heavy atom. The Balaban J connectivity index is 2.43. The lowest BCUT2D eigenvalue weighted by atomic mass is 9.85. The van der Waals surface area contributed by atoms with Gasteiger partial charge in [0.15, 0.2) is 11.5 Å². The maximum atomic E-state index is 9.70. The SMILES string of the molecule is COc1cc(CCC(N)(CO)CC(C)C)ccc1OCCCCCCCC(C)C. The summed E-state index contributed by atoms with van der Waals surface area (Å²) in [5.74, 6) is 2.86. The van der Waals surface area contributed by atoms with Gasteiger partial charge in [-0.1, -0.05) is 65.9 Å². The van der Waals surface area contributed by atoms with Gasteiger partial charge in [-0.15, -0.1) is 0 Å². The Morgan fingerprint density at radius 2 is 1.66 bits per heavy atom. The van der Waals surface area contributed by atoms with E-state index in [1.165, 1.54) is 32.1 Å². The predicted octanol–water partition coefficient (Wildman–Crippen LogP) is 5.74. The van der Waals surface area contributed by atoms with Crippen molar-refractivity contribution < 1.29 is 14.6 Å². The second kappa shape index (κ2) is 13.9. The average Bonchev–Trinajstić information content (AvgIpc) is 2.68. The van der Waals surface area contributed by atoms with Crippen LogP contribution in [-0.2, 0) is 6.42 Å². The number of rotatable bonds is 16. The molecule has 0 aromatic heterocycles. The maximum Gasteiger partial charge on any atom is 0.161 e. The van der Waals surface area contributed by atoms with E-state index < -0.39 is 5.54 Å². The van der Waals surface area contributed by atoms with Crippen LogP contribution in [0.5, 0.6) is 11.5 Å². The Bertz CT molecular complexity index is 559. The van der Waals surface area contributed by atoms with Gasteiger partial charge in [-0.05, 0) is 55.2 Å². The molecule has 1 rings (SSSR count). The first kappa shape index (κ1) is 25.8. The zero-order valence-electron chi connectivity index (χ0n) is 19.5. The lowest BCUT2D eigenvalue weighted by molar-refractivity contribution is 0.165. The Kier molecular flexibility index (Phi) is 12.3. The van der Waals surface area contributed by atoms with Crippen LogP contribution >= 0.6 is 0 Å². The summed E-state index contributed by atoms with van der Waals surface area (Å²) in [7, 11) is 1.68. The van der Waals surface area contributed by atoms with Crippen LogP contribution in [0.1, 0.15) is 84.6 Å². The minimum Gasteiger partial charge on any atom is -0.493 e. The molecule has 1 atom stereocenters. The second-order valence-electron chi connectivity index (χ2n) is 9.40. The molecule has 0 saturated heterocycles.